The Morgan fingerprint density at radius 3 is 1.52 bits per heavy atom. The van der Waals surface area contributed by atoms with Gasteiger partial charge in [0.1, 0.15) is 13.6 Å². The summed E-state index contributed by atoms with van der Waals surface area (Å²) in [4.78, 5) is 0. The monoisotopic (exact) mass is 382 g/mol. The van der Waals surface area contributed by atoms with Gasteiger partial charge in [-0.15, -0.1) is 23.7 Å². The number of aliphatic hydroxyl groups excluding tert-OH is 2. The first kappa shape index (κ1) is 25.9. The molecule has 0 radical (unpaired) electrons. The zero-order valence-electron chi connectivity index (χ0n) is 17.2. The van der Waals surface area contributed by atoms with Gasteiger partial charge in [0.05, 0.1) is 13.2 Å². The van der Waals surface area contributed by atoms with E-state index in [4.69, 9.17) is 24.4 Å². The van der Waals surface area contributed by atoms with Crippen LogP contribution in [0.15, 0.2) is 0 Å². The van der Waals surface area contributed by atoms with Crippen molar-refractivity contribution in [1.29, 1.82) is 0 Å². The van der Waals surface area contributed by atoms with Crippen molar-refractivity contribution in [1.82, 2.24) is 0 Å². The lowest BCUT2D eigenvalue weighted by atomic mass is 10.1. The second-order valence-corrected chi connectivity index (χ2v) is 6.64. The predicted octanol–water partition coefficient (Wildman–Crippen LogP) is 3.34. The maximum absolute atomic E-state index is 8.69. The summed E-state index contributed by atoms with van der Waals surface area (Å²) >= 11 is 0. The molecule has 0 amide bonds. The van der Waals surface area contributed by atoms with Crippen molar-refractivity contribution in [3.63, 3.8) is 0 Å². The Balaban J connectivity index is 3.39. The molecule has 0 aromatic carbocycles. The molecular weight excluding hydrogens is 344 g/mol. The molecule has 27 heavy (non-hydrogen) atoms. The van der Waals surface area contributed by atoms with E-state index < -0.39 is 0 Å². The fraction of sp³-hybridized carbons (Fsp3) is 0.818. The molecule has 5 nitrogen and oxygen atoms in total. The topological polar surface area (TPSA) is 68.2 Å². The van der Waals surface area contributed by atoms with Crippen molar-refractivity contribution < 1.29 is 24.4 Å². The van der Waals surface area contributed by atoms with Crippen molar-refractivity contribution in [3.05, 3.63) is 0 Å². The fourth-order valence-electron chi connectivity index (χ4n) is 2.08. The van der Waals surface area contributed by atoms with Crippen LogP contribution in [0.3, 0.4) is 0 Å². The highest BCUT2D eigenvalue weighted by Crippen LogP contribution is 2.02. The van der Waals surface area contributed by atoms with Gasteiger partial charge in [0, 0.05) is 37.9 Å². The van der Waals surface area contributed by atoms with Crippen molar-refractivity contribution in [2.24, 2.45) is 11.8 Å². The van der Waals surface area contributed by atoms with Crippen molar-refractivity contribution >= 4 is 0 Å². The van der Waals surface area contributed by atoms with Gasteiger partial charge in [-0.3, -0.25) is 0 Å². The Morgan fingerprint density at radius 1 is 0.667 bits per heavy atom. The van der Waals surface area contributed by atoms with E-state index in [1.807, 2.05) is 0 Å². The van der Waals surface area contributed by atoms with E-state index in [9.17, 15) is 0 Å². The normalized spacial score (nSPS) is 12.6. The fourth-order valence-corrected chi connectivity index (χ4v) is 2.08. The quantitative estimate of drug-likeness (QED) is 0.243. The van der Waals surface area contributed by atoms with Crippen LogP contribution in [-0.2, 0) is 14.2 Å². The van der Waals surface area contributed by atoms with Crippen molar-refractivity contribution in [2.75, 3.05) is 40.0 Å². The van der Waals surface area contributed by atoms with Gasteiger partial charge in [-0.05, 0) is 38.5 Å². The molecule has 2 unspecified atom stereocenters. The summed E-state index contributed by atoms with van der Waals surface area (Å²) in [5.41, 5.74) is 0. The molecule has 0 bridgehead atoms. The molecule has 2 N–H and O–H groups in total. The molecule has 0 aliphatic carbocycles. The van der Waals surface area contributed by atoms with E-state index in [-0.39, 0.29) is 26.8 Å². The second kappa shape index (κ2) is 21.2. The van der Waals surface area contributed by atoms with Crippen LogP contribution in [0.25, 0.3) is 0 Å². The summed E-state index contributed by atoms with van der Waals surface area (Å²) in [6.07, 6.45) is 7.01. The van der Waals surface area contributed by atoms with Crippen LogP contribution in [0.4, 0.5) is 0 Å². The molecule has 0 saturated carbocycles. The smallest absolute Gasteiger partial charge is 0.149 e. The molecule has 0 aromatic rings. The number of ether oxygens (including phenoxy) is 3. The number of hydrogen-bond donors (Lipinski definition) is 2. The number of rotatable bonds is 16. The maximum atomic E-state index is 8.69. The first-order valence-electron chi connectivity index (χ1n) is 10.1. The highest BCUT2D eigenvalue weighted by Gasteiger charge is 1.99. The molecule has 0 fully saturated rings. The minimum absolute atomic E-state index is 0.233. The standard InChI is InChI=1S/C22H38O5/c1-21(11-7-3-5-9-15-23)13-17-25-19-27-20-26-18-14-22(2)12-8-4-6-10-16-24/h21-24H,3-6,9-10,13-20H2,1-2H3. The van der Waals surface area contributed by atoms with Crippen LogP contribution in [0.1, 0.15) is 65.2 Å². The van der Waals surface area contributed by atoms with Gasteiger partial charge >= 0.3 is 0 Å². The van der Waals surface area contributed by atoms with Crippen LogP contribution < -0.4 is 0 Å². The van der Waals surface area contributed by atoms with Crippen molar-refractivity contribution in [2.45, 2.75) is 65.2 Å². The van der Waals surface area contributed by atoms with Gasteiger partial charge in [-0.2, -0.15) is 0 Å². The lowest BCUT2D eigenvalue weighted by Gasteiger charge is -2.08. The van der Waals surface area contributed by atoms with Gasteiger partial charge in [0.25, 0.3) is 0 Å². The largest absolute Gasteiger partial charge is 0.396 e. The minimum atomic E-state index is 0.233. The van der Waals surface area contributed by atoms with Gasteiger partial charge in [-0.25, -0.2) is 0 Å². The average molecular weight is 383 g/mol. The second-order valence-electron chi connectivity index (χ2n) is 6.64. The van der Waals surface area contributed by atoms with E-state index >= 15 is 0 Å². The Labute approximate surface area is 165 Å². The van der Waals surface area contributed by atoms with E-state index in [1.165, 1.54) is 0 Å². The van der Waals surface area contributed by atoms with Crippen LogP contribution in [0.5, 0.6) is 0 Å². The highest BCUT2D eigenvalue weighted by atomic mass is 16.7. The number of unbranched alkanes of at least 4 members (excludes halogenated alkanes) is 4. The predicted molar refractivity (Wildman–Crippen MR) is 108 cm³/mol. The number of aliphatic hydroxyl groups is 2. The lowest BCUT2D eigenvalue weighted by Crippen LogP contribution is -2.08. The molecule has 156 valence electrons. The van der Waals surface area contributed by atoms with Crippen molar-refractivity contribution in [3.8, 4) is 23.7 Å². The molecule has 5 heteroatoms. The summed E-state index contributed by atoms with van der Waals surface area (Å²) in [5.74, 6) is 13.3. The Bertz CT molecular complexity index is 389. The maximum Gasteiger partial charge on any atom is 0.149 e. The van der Waals surface area contributed by atoms with Crippen LogP contribution in [0, 0.1) is 35.5 Å². The zero-order chi connectivity index (χ0) is 20.0. The van der Waals surface area contributed by atoms with E-state index in [0.29, 0.717) is 25.0 Å². The Hall–Kier alpha value is -1.08. The van der Waals surface area contributed by atoms with E-state index in [0.717, 1.165) is 51.4 Å². The third-order valence-electron chi connectivity index (χ3n) is 3.84. The van der Waals surface area contributed by atoms with Crippen LogP contribution in [0.2, 0.25) is 0 Å². The molecule has 0 aromatic heterocycles. The molecule has 0 aliphatic heterocycles. The third kappa shape index (κ3) is 21.1. The van der Waals surface area contributed by atoms with E-state index in [2.05, 4.69) is 37.5 Å². The third-order valence-corrected chi connectivity index (χ3v) is 3.84. The summed E-state index contributed by atoms with van der Waals surface area (Å²) < 4.78 is 16.1. The summed E-state index contributed by atoms with van der Waals surface area (Å²) in [6.45, 7) is 6.37. The van der Waals surface area contributed by atoms with Gasteiger partial charge in [0.2, 0.25) is 0 Å². The first-order valence-corrected chi connectivity index (χ1v) is 10.1. The minimum Gasteiger partial charge on any atom is -0.396 e. The molecule has 0 spiro atoms. The molecule has 2 atom stereocenters. The Kier molecular flexibility index (Phi) is 20.4. The average Bonchev–Trinajstić information content (AvgIpc) is 2.66. The van der Waals surface area contributed by atoms with Crippen LogP contribution >= 0.6 is 0 Å². The zero-order valence-corrected chi connectivity index (χ0v) is 17.2. The Morgan fingerprint density at radius 2 is 1.11 bits per heavy atom. The first-order chi connectivity index (χ1) is 13.2. The molecule has 0 heterocycles. The molecule has 0 saturated heterocycles. The molecule has 0 aliphatic rings. The van der Waals surface area contributed by atoms with E-state index in [1.54, 1.807) is 0 Å². The summed E-state index contributed by atoms with van der Waals surface area (Å²) in [6, 6.07) is 0. The molecule has 0 rings (SSSR count). The number of hydrogen-bond acceptors (Lipinski definition) is 5. The molecular formula is C22H38O5. The van der Waals surface area contributed by atoms with Gasteiger partial charge in [-0.1, -0.05) is 13.8 Å². The summed E-state index contributed by atoms with van der Waals surface area (Å²) in [5, 5.41) is 17.4. The van der Waals surface area contributed by atoms with Crippen LogP contribution in [-0.4, -0.2) is 50.2 Å². The highest BCUT2D eigenvalue weighted by molar-refractivity contribution is 5.02. The lowest BCUT2D eigenvalue weighted by molar-refractivity contribution is -0.132. The SMILES string of the molecule is CC(C#CCCCCO)CCOCOCOCCC(C)C#CCCCCO. The summed E-state index contributed by atoms with van der Waals surface area (Å²) in [7, 11) is 0. The van der Waals surface area contributed by atoms with Gasteiger partial charge in [0.15, 0.2) is 0 Å². The van der Waals surface area contributed by atoms with Gasteiger partial charge < -0.3 is 24.4 Å².